The minimum absolute atomic E-state index is 0.0475. The van der Waals surface area contributed by atoms with Gasteiger partial charge in [-0.25, -0.2) is 4.52 Å². The van der Waals surface area contributed by atoms with Gasteiger partial charge in [-0.05, 0) is 38.3 Å². The van der Waals surface area contributed by atoms with Gasteiger partial charge in [-0.1, -0.05) is 19.1 Å². The van der Waals surface area contributed by atoms with Crippen molar-refractivity contribution in [1.82, 2.24) is 19.5 Å². The number of nitrogens with one attached hydrogen (secondary N) is 1. The Morgan fingerprint density at radius 1 is 1.41 bits per heavy atom. The average Bonchev–Trinajstić information content (AvgIpc) is 3.28. The Morgan fingerprint density at radius 3 is 2.96 bits per heavy atom. The number of carbonyl (C=O) groups excluding carboxylic acids is 1. The van der Waals surface area contributed by atoms with Gasteiger partial charge < -0.3 is 10.1 Å². The third-order valence-corrected chi connectivity index (χ3v) is 5.20. The van der Waals surface area contributed by atoms with Gasteiger partial charge in [-0.15, -0.1) is 0 Å². The van der Waals surface area contributed by atoms with Crippen molar-refractivity contribution >= 4 is 22.5 Å². The molecule has 0 saturated carbocycles. The molecule has 4 rings (SSSR count). The molecule has 1 N–H and O–H groups in total. The summed E-state index contributed by atoms with van der Waals surface area (Å²) < 4.78 is 9.45. The first-order valence-electron chi connectivity index (χ1n) is 9.49. The van der Waals surface area contributed by atoms with Crippen molar-refractivity contribution in [2.75, 3.05) is 13.2 Å². The standard InChI is InChI=1S/C20H24N4O3/c1-3-16(20(26)21-12-14-7-6-10-27-14)24-17-9-5-4-8-15(17)19-22-18(25)11-13(2)23(19)24/h4-5,8-9,11,14,16H,3,6-7,10,12H2,1-2H3,(H,21,26)/t14-,16+/m0/s1. The molecule has 3 heterocycles. The quantitative estimate of drug-likeness (QED) is 0.749. The van der Waals surface area contributed by atoms with Gasteiger partial charge in [0.1, 0.15) is 6.04 Å². The molecule has 1 amide bonds. The molecule has 0 spiro atoms. The molecule has 1 saturated heterocycles. The number of nitrogens with zero attached hydrogens (tertiary/aromatic N) is 3. The Balaban J connectivity index is 1.79. The molecule has 7 nitrogen and oxygen atoms in total. The van der Waals surface area contributed by atoms with Gasteiger partial charge in [0.2, 0.25) is 5.91 Å². The number of ether oxygens (including phenoxy) is 1. The maximum atomic E-state index is 13.0. The molecule has 1 fully saturated rings. The van der Waals surface area contributed by atoms with Crippen molar-refractivity contribution in [3.63, 3.8) is 0 Å². The van der Waals surface area contributed by atoms with E-state index in [0.29, 0.717) is 18.6 Å². The number of para-hydroxylation sites is 1. The summed E-state index contributed by atoms with van der Waals surface area (Å²) in [6.07, 6.45) is 2.75. The summed E-state index contributed by atoms with van der Waals surface area (Å²) in [6, 6.07) is 8.84. The molecule has 1 aliphatic rings. The summed E-state index contributed by atoms with van der Waals surface area (Å²) >= 11 is 0. The third-order valence-electron chi connectivity index (χ3n) is 5.20. The summed E-state index contributed by atoms with van der Waals surface area (Å²) in [5.41, 5.74) is 1.96. The van der Waals surface area contributed by atoms with Gasteiger partial charge in [-0.3, -0.25) is 14.3 Å². The van der Waals surface area contributed by atoms with Crippen LogP contribution in [0.25, 0.3) is 16.6 Å². The first-order chi connectivity index (χ1) is 13.1. The number of carbonyl (C=O) groups is 1. The van der Waals surface area contributed by atoms with E-state index in [4.69, 9.17) is 4.74 Å². The lowest BCUT2D eigenvalue weighted by Gasteiger charge is -2.21. The number of hydrogen-bond acceptors (Lipinski definition) is 4. The summed E-state index contributed by atoms with van der Waals surface area (Å²) in [4.78, 5) is 29.2. The van der Waals surface area contributed by atoms with Crippen molar-refractivity contribution in [1.29, 1.82) is 0 Å². The van der Waals surface area contributed by atoms with Crippen LogP contribution in [-0.2, 0) is 9.53 Å². The largest absolute Gasteiger partial charge is 0.376 e. The topological polar surface area (TPSA) is 77.6 Å². The minimum Gasteiger partial charge on any atom is -0.376 e. The molecule has 0 bridgehead atoms. The summed E-state index contributed by atoms with van der Waals surface area (Å²) in [7, 11) is 0. The third kappa shape index (κ3) is 3.12. The first-order valence-corrected chi connectivity index (χ1v) is 9.49. The molecule has 0 aliphatic carbocycles. The van der Waals surface area contributed by atoms with Crippen LogP contribution in [0.5, 0.6) is 0 Å². The Hall–Kier alpha value is -2.67. The molecule has 1 aromatic carbocycles. The fourth-order valence-corrected chi connectivity index (χ4v) is 3.92. The second kappa shape index (κ2) is 7.15. The van der Waals surface area contributed by atoms with Gasteiger partial charge in [0.25, 0.3) is 5.56 Å². The second-order valence-electron chi connectivity index (χ2n) is 7.04. The molecule has 2 aromatic heterocycles. The van der Waals surface area contributed by atoms with Gasteiger partial charge >= 0.3 is 0 Å². The zero-order valence-corrected chi connectivity index (χ0v) is 15.6. The Labute approximate surface area is 156 Å². The van der Waals surface area contributed by atoms with Crippen molar-refractivity contribution in [3.8, 4) is 0 Å². The fourth-order valence-electron chi connectivity index (χ4n) is 3.92. The van der Waals surface area contributed by atoms with Crippen LogP contribution < -0.4 is 10.9 Å². The van der Waals surface area contributed by atoms with Crippen LogP contribution in [0, 0.1) is 6.92 Å². The number of amides is 1. The van der Waals surface area contributed by atoms with Crippen LogP contribution in [0.4, 0.5) is 0 Å². The van der Waals surface area contributed by atoms with E-state index in [0.717, 1.165) is 36.0 Å². The Bertz CT molecular complexity index is 1050. The van der Waals surface area contributed by atoms with Crippen molar-refractivity contribution in [2.45, 2.75) is 45.3 Å². The van der Waals surface area contributed by atoms with Gasteiger partial charge in [0, 0.05) is 30.3 Å². The number of rotatable bonds is 5. The zero-order valence-electron chi connectivity index (χ0n) is 15.6. The SMILES string of the molecule is CC[C@H](C(=O)NC[C@@H]1CCCO1)n1c2ccccc2c2nc(=O)cc(C)n21. The molecule has 7 heteroatoms. The van der Waals surface area contributed by atoms with Gasteiger partial charge in [-0.2, -0.15) is 4.98 Å². The molecule has 27 heavy (non-hydrogen) atoms. The maximum absolute atomic E-state index is 13.0. The van der Waals surface area contributed by atoms with Crippen LogP contribution in [-0.4, -0.2) is 39.3 Å². The summed E-state index contributed by atoms with van der Waals surface area (Å²) in [5, 5.41) is 3.91. The second-order valence-corrected chi connectivity index (χ2v) is 7.04. The van der Waals surface area contributed by atoms with E-state index < -0.39 is 6.04 Å². The molecule has 142 valence electrons. The highest BCUT2D eigenvalue weighted by Crippen LogP contribution is 2.26. The maximum Gasteiger partial charge on any atom is 0.273 e. The fraction of sp³-hybridized carbons (Fsp3) is 0.450. The average molecular weight is 368 g/mol. The Morgan fingerprint density at radius 2 is 2.22 bits per heavy atom. The van der Waals surface area contributed by atoms with Crippen molar-refractivity contribution in [3.05, 3.63) is 46.4 Å². The van der Waals surface area contributed by atoms with E-state index >= 15 is 0 Å². The summed E-state index contributed by atoms with van der Waals surface area (Å²) in [5.74, 6) is -0.0475. The zero-order chi connectivity index (χ0) is 19.0. The van der Waals surface area contributed by atoms with Gasteiger partial charge in [0.05, 0.1) is 11.6 Å². The van der Waals surface area contributed by atoms with E-state index in [9.17, 15) is 9.59 Å². The van der Waals surface area contributed by atoms with E-state index in [2.05, 4.69) is 10.3 Å². The van der Waals surface area contributed by atoms with Crippen LogP contribution in [0.15, 0.2) is 35.1 Å². The molecule has 1 aliphatic heterocycles. The Kier molecular flexibility index (Phi) is 4.70. The van der Waals surface area contributed by atoms with Crippen molar-refractivity contribution in [2.24, 2.45) is 0 Å². The lowest BCUT2D eigenvalue weighted by Crippen LogP contribution is -2.38. The predicted octanol–water partition coefficient (Wildman–Crippen LogP) is 2.20. The number of aryl methyl sites for hydroxylation is 1. The van der Waals surface area contributed by atoms with E-state index in [1.807, 2.05) is 47.3 Å². The van der Waals surface area contributed by atoms with Crippen LogP contribution in [0.1, 0.15) is 37.9 Å². The van der Waals surface area contributed by atoms with E-state index in [-0.39, 0.29) is 17.6 Å². The highest BCUT2D eigenvalue weighted by Gasteiger charge is 2.26. The summed E-state index contributed by atoms with van der Waals surface area (Å²) in [6.45, 7) is 5.15. The molecular weight excluding hydrogens is 344 g/mol. The number of hydrogen-bond donors (Lipinski definition) is 1. The van der Waals surface area contributed by atoms with E-state index in [1.165, 1.54) is 6.07 Å². The van der Waals surface area contributed by atoms with Crippen molar-refractivity contribution < 1.29 is 9.53 Å². The first kappa shape index (κ1) is 17.7. The van der Waals surface area contributed by atoms with E-state index in [1.54, 1.807) is 0 Å². The predicted molar refractivity (Wildman–Crippen MR) is 103 cm³/mol. The molecule has 0 unspecified atom stereocenters. The molecule has 2 atom stereocenters. The smallest absolute Gasteiger partial charge is 0.273 e. The molecule has 3 aromatic rings. The number of benzene rings is 1. The van der Waals surface area contributed by atoms with Crippen LogP contribution >= 0.6 is 0 Å². The minimum atomic E-state index is -0.406. The highest BCUT2D eigenvalue weighted by molar-refractivity contribution is 5.94. The molecular formula is C20H24N4O3. The highest BCUT2D eigenvalue weighted by atomic mass is 16.5. The van der Waals surface area contributed by atoms with Crippen LogP contribution in [0.3, 0.4) is 0 Å². The number of aromatic nitrogens is 3. The normalized spacial score (nSPS) is 18.2. The molecule has 0 radical (unpaired) electrons. The van der Waals surface area contributed by atoms with Crippen LogP contribution in [0.2, 0.25) is 0 Å². The lowest BCUT2D eigenvalue weighted by molar-refractivity contribution is -0.125. The van der Waals surface area contributed by atoms with Gasteiger partial charge in [0.15, 0.2) is 5.65 Å². The monoisotopic (exact) mass is 368 g/mol. The number of fused-ring (bicyclic) bond motifs is 3. The lowest BCUT2D eigenvalue weighted by atomic mass is 10.2.